The number of carboxylic acids is 1. The predicted molar refractivity (Wildman–Crippen MR) is 51.9 cm³/mol. The van der Waals surface area contributed by atoms with Crippen molar-refractivity contribution in [3.63, 3.8) is 0 Å². The van der Waals surface area contributed by atoms with E-state index in [0.717, 1.165) is 0 Å². The van der Waals surface area contributed by atoms with Gasteiger partial charge in [0.25, 0.3) is 0 Å². The first kappa shape index (κ1) is 10.5. The minimum Gasteiger partial charge on any atom is -0.478 e. The third kappa shape index (κ3) is 1.32. The number of aromatic carboxylic acids is 1. The molecule has 1 heterocycles. The summed E-state index contributed by atoms with van der Waals surface area (Å²) < 4.78 is 1.71. The van der Waals surface area contributed by atoms with Crippen molar-refractivity contribution < 1.29 is 14.7 Å². The first-order valence-electron chi connectivity index (χ1n) is 4.42. The van der Waals surface area contributed by atoms with Crippen molar-refractivity contribution in [3.05, 3.63) is 22.5 Å². The number of aldehydes is 1. The zero-order chi connectivity index (χ0) is 10.9. The van der Waals surface area contributed by atoms with Crippen molar-refractivity contribution in [2.75, 3.05) is 0 Å². The van der Waals surface area contributed by atoms with Crippen molar-refractivity contribution >= 4 is 12.3 Å². The van der Waals surface area contributed by atoms with Crippen LogP contribution in [0.1, 0.15) is 39.0 Å². The molecule has 76 valence electrons. The van der Waals surface area contributed by atoms with Gasteiger partial charge in [-0.05, 0) is 26.3 Å². The normalized spacial score (nSPS) is 10.2. The van der Waals surface area contributed by atoms with Crippen molar-refractivity contribution in [3.8, 4) is 0 Å². The highest BCUT2D eigenvalue weighted by molar-refractivity contribution is 5.94. The molecule has 1 aromatic heterocycles. The molecule has 1 N–H and O–H groups in total. The summed E-state index contributed by atoms with van der Waals surface area (Å²) in [6.07, 6.45) is 0.707. The largest absolute Gasteiger partial charge is 0.478 e. The number of carbonyl (C=O) groups is 2. The first-order chi connectivity index (χ1) is 6.54. The van der Waals surface area contributed by atoms with E-state index in [1.165, 1.54) is 0 Å². The Balaban J connectivity index is 3.54. The Morgan fingerprint density at radius 1 is 1.50 bits per heavy atom. The lowest BCUT2D eigenvalue weighted by Gasteiger charge is -2.03. The molecule has 0 aliphatic heterocycles. The lowest BCUT2D eigenvalue weighted by molar-refractivity contribution is 0.0695. The van der Waals surface area contributed by atoms with Crippen molar-refractivity contribution in [2.45, 2.75) is 27.3 Å². The van der Waals surface area contributed by atoms with E-state index in [9.17, 15) is 9.59 Å². The Morgan fingerprint density at radius 2 is 2.07 bits per heavy atom. The summed E-state index contributed by atoms with van der Waals surface area (Å²) >= 11 is 0. The van der Waals surface area contributed by atoms with Crippen LogP contribution >= 0.6 is 0 Å². The Morgan fingerprint density at radius 3 is 2.36 bits per heavy atom. The van der Waals surface area contributed by atoms with E-state index in [2.05, 4.69) is 0 Å². The second-order valence-corrected chi connectivity index (χ2v) is 3.14. The molecule has 14 heavy (non-hydrogen) atoms. The summed E-state index contributed by atoms with van der Waals surface area (Å²) in [7, 11) is 0. The molecule has 0 saturated carbocycles. The Bertz CT molecular complexity index is 391. The van der Waals surface area contributed by atoms with E-state index in [4.69, 9.17) is 5.11 Å². The van der Waals surface area contributed by atoms with E-state index in [1.807, 2.05) is 6.92 Å². The van der Waals surface area contributed by atoms with Gasteiger partial charge in [-0.3, -0.25) is 4.79 Å². The Labute approximate surface area is 82.2 Å². The second-order valence-electron chi connectivity index (χ2n) is 3.14. The molecule has 1 aromatic rings. The summed E-state index contributed by atoms with van der Waals surface area (Å²) in [5, 5.41) is 8.95. The number of nitrogens with zero attached hydrogens (tertiary/aromatic N) is 1. The van der Waals surface area contributed by atoms with Gasteiger partial charge in [0, 0.05) is 12.2 Å². The maximum atomic E-state index is 10.9. The number of hydrogen-bond donors (Lipinski definition) is 1. The lowest BCUT2D eigenvalue weighted by atomic mass is 10.1. The molecule has 0 fully saturated rings. The maximum absolute atomic E-state index is 10.9. The van der Waals surface area contributed by atoms with E-state index in [1.54, 1.807) is 18.4 Å². The summed E-state index contributed by atoms with van der Waals surface area (Å²) in [6.45, 7) is 5.86. The fourth-order valence-electron chi connectivity index (χ4n) is 1.79. The minimum absolute atomic E-state index is 0.244. The van der Waals surface area contributed by atoms with Crippen LogP contribution in [0.5, 0.6) is 0 Å². The molecule has 4 nitrogen and oxygen atoms in total. The van der Waals surface area contributed by atoms with Crippen LogP contribution in [0, 0.1) is 13.8 Å². The molecule has 0 aliphatic carbocycles. The molecule has 0 radical (unpaired) electrons. The molecule has 0 atom stereocenters. The number of hydrogen-bond acceptors (Lipinski definition) is 2. The van der Waals surface area contributed by atoms with Gasteiger partial charge in [0.15, 0.2) is 6.29 Å². The van der Waals surface area contributed by atoms with Gasteiger partial charge in [-0.2, -0.15) is 0 Å². The molecular weight excluding hydrogens is 182 g/mol. The van der Waals surface area contributed by atoms with Gasteiger partial charge in [0.1, 0.15) is 0 Å². The molecular formula is C10H13NO3. The molecule has 0 aromatic carbocycles. The molecule has 0 spiro atoms. The topological polar surface area (TPSA) is 59.3 Å². The van der Waals surface area contributed by atoms with Crippen molar-refractivity contribution in [1.82, 2.24) is 4.57 Å². The first-order valence-corrected chi connectivity index (χ1v) is 4.42. The number of carbonyl (C=O) groups excluding carboxylic acids is 1. The van der Waals surface area contributed by atoms with Crippen molar-refractivity contribution in [2.24, 2.45) is 0 Å². The fraction of sp³-hybridized carbons (Fsp3) is 0.400. The molecule has 0 aliphatic rings. The molecule has 0 amide bonds. The minimum atomic E-state index is -0.977. The van der Waals surface area contributed by atoms with Gasteiger partial charge >= 0.3 is 5.97 Å². The lowest BCUT2D eigenvalue weighted by Crippen LogP contribution is -2.03. The standard InChI is InChI=1S/C10H13NO3/c1-4-11-7(3)9(10(13)14)6(2)8(11)5-12/h5H,4H2,1-3H3,(H,13,14). The molecule has 1 rings (SSSR count). The zero-order valence-corrected chi connectivity index (χ0v) is 8.50. The summed E-state index contributed by atoms with van der Waals surface area (Å²) in [4.78, 5) is 21.7. The van der Waals surface area contributed by atoms with Crippen LogP contribution in [0.4, 0.5) is 0 Å². The van der Waals surface area contributed by atoms with Gasteiger partial charge < -0.3 is 9.67 Å². The maximum Gasteiger partial charge on any atom is 0.337 e. The van der Waals surface area contributed by atoms with Gasteiger partial charge in [0.2, 0.25) is 0 Å². The number of carboxylic acid groups (broad SMARTS) is 1. The summed E-state index contributed by atoms with van der Waals surface area (Å²) in [5.41, 5.74) is 1.89. The zero-order valence-electron chi connectivity index (χ0n) is 8.50. The predicted octanol–water partition coefficient (Wildman–Crippen LogP) is 1.64. The number of rotatable bonds is 3. The van der Waals surface area contributed by atoms with Crippen molar-refractivity contribution in [1.29, 1.82) is 0 Å². The highest BCUT2D eigenvalue weighted by atomic mass is 16.4. The molecule has 0 bridgehead atoms. The molecule has 0 saturated heterocycles. The van der Waals surface area contributed by atoms with E-state index >= 15 is 0 Å². The smallest absolute Gasteiger partial charge is 0.337 e. The third-order valence-electron chi connectivity index (χ3n) is 2.46. The van der Waals surface area contributed by atoms with Crippen LogP contribution in [-0.4, -0.2) is 21.9 Å². The van der Waals surface area contributed by atoms with E-state index in [0.29, 0.717) is 29.8 Å². The average molecular weight is 195 g/mol. The van der Waals surface area contributed by atoms with Crippen LogP contribution in [-0.2, 0) is 6.54 Å². The van der Waals surface area contributed by atoms with Crippen LogP contribution in [0.15, 0.2) is 0 Å². The Kier molecular flexibility index (Phi) is 2.74. The number of aromatic nitrogens is 1. The van der Waals surface area contributed by atoms with Crippen LogP contribution in [0.3, 0.4) is 0 Å². The Hall–Kier alpha value is -1.58. The summed E-state index contributed by atoms with van der Waals surface area (Å²) in [6, 6.07) is 0. The second kappa shape index (κ2) is 3.65. The van der Waals surface area contributed by atoms with Gasteiger partial charge in [0.05, 0.1) is 11.3 Å². The fourth-order valence-corrected chi connectivity index (χ4v) is 1.79. The van der Waals surface area contributed by atoms with Gasteiger partial charge in [-0.1, -0.05) is 0 Å². The monoisotopic (exact) mass is 195 g/mol. The SMILES string of the molecule is CCn1c(C)c(C(=O)O)c(C)c1C=O. The summed E-state index contributed by atoms with van der Waals surface area (Å²) in [5.74, 6) is -0.977. The molecule has 0 unspecified atom stereocenters. The highest BCUT2D eigenvalue weighted by Crippen LogP contribution is 2.20. The van der Waals surface area contributed by atoms with E-state index < -0.39 is 5.97 Å². The van der Waals surface area contributed by atoms with Crippen LogP contribution in [0.2, 0.25) is 0 Å². The molecule has 4 heteroatoms. The quantitative estimate of drug-likeness (QED) is 0.746. The van der Waals surface area contributed by atoms with Gasteiger partial charge in [-0.25, -0.2) is 4.79 Å². The van der Waals surface area contributed by atoms with E-state index in [-0.39, 0.29) is 5.56 Å². The van der Waals surface area contributed by atoms with Crippen LogP contribution < -0.4 is 0 Å². The third-order valence-corrected chi connectivity index (χ3v) is 2.46. The average Bonchev–Trinajstić information content (AvgIpc) is 2.36. The van der Waals surface area contributed by atoms with Crippen LogP contribution in [0.25, 0.3) is 0 Å². The highest BCUT2D eigenvalue weighted by Gasteiger charge is 2.20. The van der Waals surface area contributed by atoms with Gasteiger partial charge in [-0.15, -0.1) is 0 Å².